The van der Waals surface area contributed by atoms with E-state index in [0.29, 0.717) is 5.75 Å². The standard InChI is InChI=1S/C14H18N2O2/c1-4-16-12(7-8-15-16)14(17)11-6-5-10(2)9-13(11)18-3/h5-9,14,17H,4H2,1-3H3. The van der Waals surface area contributed by atoms with E-state index in [-0.39, 0.29) is 0 Å². The number of methoxy groups -OCH3 is 1. The van der Waals surface area contributed by atoms with E-state index in [1.165, 1.54) is 0 Å². The summed E-state index contributed by atoms with van der Waals surface area (Å²) < 4.78 is 7.11. The molecule has 0 saturated heterocycles. The smallest absolute Gasteiger partial charge is 0.125 e. The number of aryl methyl sites for hydroxylation is 2. The highest BCUT2D eigenvalue weighted by Crippen LogP contribution is 2.30. The van der Waals surface area contributed by atoms with Crippen LogP contribution in [0.2, 0.25) is 0 Å². The topological polar surface area (TPSA) is 47.3 Å². The highest BCUT2D eigenvalue weighted by Gasteiger charge is 2.18. The Morgan fingerprint density at radius 1 is 1.39 bits per heavy atom. The Bertz CT molecular complexity index is 534. The number of aliphatic hydroxyl groups is 1. The molecule has 18 heavy (non-hydrogen) atoms. The van der Waals surface area contributed by atoms with Gasteiger partial charge in [-0.25, -0.2) is 0 Å². The van der Waals surface area contributed by atoms with Crippen molar-refractivity contribution in [1.29, 1.82) is 0 Å². The maximum Gasteiger partial charge on any atom is 0.125 e. The summed E-state index contributed by atoms with van der Waals surface area (Å²) in [6, 6.07) is 7.61. The van der Waals surface area contributed by atoms with Crippen molar-refractivity contribution in [3.8, 4) is 5.75 Å². The van der Waals surface area contributed by atoms with Gasteiger partial charge in [0.15, 0.2) is 0 Å². The predicted octanol–water partition coefficient (Wildman–Crippen LogP) is 2.30. The highest BCUT2D eigenvalue weighted by atomic mass is 16.5. The molecule has 4 nitrogen and oxygen atoms in total. The Labute approximate surface area is 107 Å². The Balaban J connectivity index is 2.42. The van der Waals surface area contributed by atoms with Crippen LogP contribution < -0.4 is 4.74 Å². The van der Waals surface area contributed by atoms with Gasteiger partial charge in [0.05, 0.1) is 12.8 Å². The summed E-state index contributed by atoms with van der Waals surface area (Å²) in [7, 11) is 1.61. The van der Waals surface area contributed by atoms with Crippen LogP contribution in [-0.2, 0) is 6.54 Å². The minimum atomic E-state index is -0.719. The molecule has 1 heterocycles. The first-order valence-electron chi connectivity index (χ1n) is 6.01. The van der Waals surface area contributed by atoms with Gasteiger partial charge in [-0.3, -0.25) is 4.68 Å². The Morgan fingerprint density at radius 3 is 2.83 bits per heavy atom. The number of aromatic nitrogens is 2. The van der Waals surface area contributed by atoms with Gasteiger partial charge in [-0.05, 0) is 31.5 Å². The lowest BCUT2D eigenvalue weighted by Gasteiger charge is -2.16. The summed E-state index contributed by atoms with van der Waals surface area (Å²) in [5.41, 5.74) is 2.64. The van der Waals surface area contributed by atoms with Crippen molar-refractivity contribution in [3.63, 3.8) is 0 Å². The predicted molar refractivity (Wildman–Crippen MR) is 69.7 cm³/mol. The summed E-state index contributed by atoms with van der Waals surface area (Å²) in [5, 5.41) is 14.6. The van der Waals surface area contributed by atoms with Crippen molar-refractivity contribution in [2.75, 3.05) is 7.11 Å². The number of hydrogen-bond donors (Lipinski definition) is 1. The molecule has 1 N–H and O–H groups in total. The molecule has 1 aromatic carbocycles. The zero-order valence-corrected chi connectivity index (χ0v) is 10.9. The molecule has 0 fully saturated rings. The molecule has 1 unspecified atom stereocenters. The van der Waals surface area contributed by atoms with Gasteiger partial charge in [-0.2, -0.15) is 5.10 Å². The van der Waals surface area contributed by atoms with Crippen molar-refractivity contribution in [3.05, 3.63) is 47.3 Å². The Morgan fingerprint density at radius 2 is 2.17 bits per heavy atom. The van der Waals surface area contributed by atoms with Crippen molar-refractivity contribution < 1.29 is 9.84 Å². The van der Waals surface area contributed by atoms with Crippen LogP contribution in [0.5, 0.6) is 5.75 Å². The number of rotatable bonds is 4. The monoisotopic (exact) mass is 246 g/mol. The van der Waals surface area contributed by atoms with Crippen molar-refractivity contribution in [2.24, 2.45) is 0 Å². The third kappa shape index (κ3) is 2.24. The summed E-state index contributed by atoms with van der Waals surface area (Å²) in [6.45, 7) is 4.72. The number of ether oxygens (including phenoxy) is 1. The lowest BCUT2D eigenvalue weighted by atomic mass is 10.0. The minimum absolute atomic E-state index is 0.700. The average Bonchev–Trinajstić information content (AvgIpc) is 2.86. The molecule has 0 aliphatic carbocycles. The van der Waals surface area contributed by atoms with Gasteiger partial charge in [0.2, 0.25) is 0 Å². The summed E-state index contributed by atoms with van der Waals surface area (Å²) in [6.07, 6.45) is 0.978. The van der Waals surface area contributed by atoms with E-state index < -0.39 is 6.10 Å². The van der Waals surface area contributed by atoms with Crippen LogP contribution in [0.3, 0.4) is 0 Å². The molecule has 96 valence electrons. The number of aliphatic hydroxyl groups excluding tert-OH is 1. The van der Waals surface area contributed by atoms with Gasteiger partial charge in [-0.1, -0.05) is 12.1 Å². The zero-order valence-electron chi connectivity index (χ0n) is 10.9. The average molecular weight is 246 g/mol. The second kappa shape index (κ2) is 5.23. The van der Waals surface area contributed by atoms with Gasteiger partial charge < -0.3 is 9.84 Å². The van der Waals surface area contributed by atoms with E-state index >= 15 is 0 Å². The van der Waals surface area contributed by atoms with Crippen molar-refractivity contribution in [1.82, 2.24) is 9.78 Å². The maximum absolute atomic E-state index is 10.5. The van der Waals surface area contributed by atoms with E-state index in [0.717, 1.165) is 23.4 Å². The van der Waals surface area contributed by atoms with Crippen molar-refractivity contribution in [2.45, 2.75) is 26.5 Å². The van der Waals surface area contributed by atoms with Crippen molar-refractivity contribution >= 4 is 0 Å². The normalized spacial score (nSPS) is 12.4. The molecule has 0 bridgehead atoms. The SMILES string of the molecule is CCn1nccc1C(O)c1ccc(C)cc1OC. The fourth-order valence-electron chi connectivity index (χ4n) is 2.04. The van der Waals surface area contributed by atoms with Gasteiger partial charge in [-0.15, -0.1) is 0 Å². The van der Waals surface area contributed by atoms with Crippen LogP contribution in [0.4, 0.5) is 0 Å². The molecule has 2 rings (SSSR count). The van der Waals surface area contributed by atoms with E-state index in [1.807, 2.05) is 38.1 Å². The molecule has 0 spiro atoms. The van der Waals surface area contributed by atoms with Crippen LogP contribution in [0, 0.1) is 6.92 Å². The van der Waals surface area contributed by atoms with E-state index in [9.17, 15) is 5.11 Å². The molecule has 1 atom stereocenters. The van der Waals surface area contributed by atoms with E-state index in [2.05, 4.69) is 5.10 Å². The first kappa shape index (κ1) is 12.6. The lowest BCUT2D eigenvalue weighted by Crippen LogP contribution is -2.10. The summed E-state index contributed by atoms with van der Waals surface area (Å²) >= 11 is 0. The van der Waals surface area contributed by atoms with Crippen LogP contribution in [0.1, 0.15) is 29.8 Å². The Kier molecular flexibility index (Phi) is 3.67. The highest BCUT2D eigenvalue weighted by molar-refractivity contribution is 5.41. The van der Waals surface area contributed by atoms with Gasteiger partial charge in [0.25, 0.3) is 0 Å². The molecule has 1 aromatic heterocycles. The number of nitrogens with zero attached hydrogens (tertiary/aromatic N) is 2. The second-order valence-electron chi connectivity index (χ2n) is 4.22. The second-order valence-corrected chi connectivity index (χ2v) is 4.22. The molecule has 2 aromatic rings. The van der Waals surface area contributed by atoms with E-state index in [4.69, 9.17) is 4.74 Å². The first-order valence-corrected chi connectivity index (χ1v) is 6.01. The number of hydrogen-bond acceptors (Lipinski definition) is 3. The molecule has 0 aliphatic rings. The molecule has 0 aliphatic heterocycles. The fraction of sp³-hybridized carbons (Fsp3) is 0.357. The fourth-order valence-corrected chi connectivity index (χ4v) is 2.04. The lowest BCUT2D eigenvalue weighted by molar-refractivity contribution is 0.203. The van der Waals surface area contributed by atoms with Gasteiger partial charge in [0.1, 0.15) is 11.9 Å². The Hall–Kier alpha value is -1.81. The van der Waals surface area contributed by atoms with Gasteiger partial charge >= 0.3 is 0 Å². The minimum Gasteiger partial charge on any atom is -0.496 e. The molecule has 0 saturated carbocycles. The largest absolute Gasteiger partial charge is 0.496 e. The third-order valence-corrected chi connectivity index (χ3v) is 3.01. The quantitative estimate of drug-likeness (QED) is 0.900. The molecular formula is C14H18N2O2. The zero-order chi connectivity index (χ0) is 13.1. The van der Waals surface area contributed by atoms with Crippen LogP contribution in [-0.4, -0.2) is 22.0 Å². The van der Waals surface area contributed by atoms with Crippen LogP contribution in [0.25, 0.3) is 0 Å². The first-order chi connectivity index (χ1) is 8.67. The summed E-state index contributed by atoms with van der Waals surface area (Å²) in [4.78, 5) is 0. The molecule has 4 heteroatoms. The van der Waals surface area contributed by atoms with Crippen LogP contribution in [0.15, 0.2) is 30.5 Å². The number of benzene rings is 1. The van der Waals surface area contributed by atoms with Gasteiger partial charge in [0, 0.05) is 18.3 Å². The summed E-state index contributed by atoms with van der Waals surface area (Å²) in [5.74, 6) is 0.700. The third-order valence-electron chi connectivity index (χ3n) is 3.01. The molecular weight excluding hydrogens is 228 g/mol. The van der Waals surface area contributed by atoms with E-state index in [1.54, 1.807) is 18.0 Å². The molecule has 0 radical (unpaired) electrons. The maximum atomic E-state index is 10.5. The molecule has 0 amide bonds. The van der Waals surface area contributed by atoms with Crippen LogP contribution >= 0.6 is 0 Å².